The van der Waals surface area contributed by atoms with Crippen molar-refractivity contribution < 1.29 is 9.59 Å². The van der Waals surface area contributed by atoms with E-state index >= 15 is 0 Å². The molecular formula is C17H25N3O2. The van der Waals surface area contributed by atoms with Gasteiger partial charge in [-0.15, -0.1) is 0 Å². The minimum absolute atomic E-state index is 0.304. The molecule has 0 bridgehead atoms. The van der Waals surface area contributed by atoms with Gasteiger partial charge >= 0.3 is 6.03 Å². The lowest BCUT2D eigenvalue weighted by Crippen LogP contribution is -2.40. The van der Waals surface area contributed by atoms with E-state index in [9.17, 15) is 9.59 Å². The van der Waals surface area contributed by atoms with Crippen molar-refractivity contribution in [1.29, 1.82) is 0 Å². The summed E-state index contributed by atoms with van der Waals surface area (Å²) in [4.78, 5) is 24.3. The van der Waals surface area contributed by atoms with Crippen molar-refractivity contribution >= 4 is 11.9 Å². The Balaban J connectivity index is 1.74. The molecule has 0 aromatic heterocycles. The van der Waals surface area contributed by atoms with E-state index in [1.54, 1.807) is 0 Å². The first-order chi connectivity index (χ1) is 10.6. The number of urea groups is 1. The molecule has 1 fully saturated rings. The van der Waals surface area contributed by atoms with Gasteiger partial charge in [0.2, 0.25) is 5.91 Å². The first-order valence-corrected chi connectivity index (χ1v) is 7.90. The number of nitrogens with one attached hydrogen (secondary N) is 1. The molecule has 0 spiro atoms. The summed E-state index contributed by atoms with van der Waals surface area (Å²) < 4.78 is 0. The topological polar surface area (TPSA) is 75.4 Å². The van der Waals surface area contributed by atoms with Crippen LogP contribution in [0.25, 0.3) is 0 Å². The molecule has 1 aromatic rings. The van der Waals surface area contributed by atoms with Gasteiger partial charge in [0.05, 0.1) is 0 Å². The molecule has 1 aliphatic rings. The van der Waals surface area contributed by atoms with Crippen LogP contribution in [-0.4, -0.2) is 36.5 Å². The summed E-state index contributed by atoms with van der Waals surface area (Å²) in [6, 6.07) is 10.4. The molecule has 120 valence electrons. The Morgan fingerprint density at radius 3 is 2.41 bits per heavy atom. The number of rotatable bonds is 5. The van der Waals surface area contributed by atoms with Gasteiger partial charge in [0.25, 0.3) is 0 Å². The second-order valence-electron chi connectivity index (χ2n) is 6.06. The molecule has 0 unspecified atom stereocenters. The van der Waals surface area contributed by atoms with Crippen molar-refractivity contribution in [2.24, 2.45) is 5.73 Å². The van der Waals surface area contributed by atoms with E-state index < -0.39 is 6.03 Å². The average Bonchev–Trinajstić information content (AvgIpc) is 2.53. The summed E-state index contributed by atoms with van der Waals surface area (Å²) in [6.07, 6.45) is 4.97. The van der Waals surface area contributed by atoms with Crippen molar-refractivity contribution in [2.75, 3.05) is 13.6 Å². The second-order valence-corrected chi connectivity index (χ2v) is 6.06. The van der Waals surface area contributed by atoms with Crippen LogP contribution < -0.4 is 11.1 Å². The van der Waals surface area contributed by atoms with Gasteiger partial charge in [-0.25, -0.2) is 4.79 Å². The van der Waals surface area contributed by atoms with Crippen molar-refractivity contribution in [2.45, 2.75) is 44.1 Å². The highest BCUT2D eigenvalue weighted by Crippen LogP contribution is 2.34. The maximum absolute atomic E-state index is 11.4. The molecule has 0 radical (unpaired) electrons. The molecule has 2 rings (SSSR count). The summed E-state index contributed by atoms with van der Waals surface area (Å²) in [5.41, 5.74) is 6.36. The van der Waals surface area contributed by atoms with Crippen LogP contribution in [-0.2, 0) is 4.79 Å². The molecule has 1 aromatic carbocycles. The third-order valence-electron chi connectivity index (χ3n) is 4.55. The molecule has 1 saturated carbocycles. The largest absolute Gasteiger partial charge is 0.351 e. The van der Waals surface area contributed by atoms with Gasteiger partial charge in [-0.05, 0) is 44.2 Å². The monoisotopic (exact) mass is 303 g/mol. The normalized spacial score (nSPS) is 21.5. The Hall–Kier alpha value is -1.88. The molecule has 0 atom stereocenters. The van der Waals surface area contributed by atoms with Gasteiger partial charge in [0, 0.05) is 19.0 Å². The third-order valence-corrected chi connectivity index (χ3v) is 4.55. The minimum atomic E-state index is -0.781. The molecule has 0 heterocycles. The number of hydrogen-bond acceptors (Lipinski definition) is 3. The number of carbonyl (C=O) groups excluding carboxylic acids is 2. The van der Waals surface area contributed by atoms with E-state index in [2.05, 4.69) is 40.5 Å². The van der Waals surface area contributed by atoms with E-state index in [4.69, 9.17) is 5.73 Å². The van der Waals surface area contributed by atoms with Crippen LogP contribution in [0, 0.1) is 0 Å². The molecule has 0 saturated heterocycles. The maximum atomic E-state index is 11.4. The summed E-state index contributed by atoms with van der Waals surface area (Å²) in [5.74, 6) is 0.348. The van der Waals surface area contributed by atoms with Gasteiger partial charge in [0.1, 0.15) is 0 Å². The van der Waals surface area contributed by atoms with Crippen molar-refractivity contribution in [3.8, 4) is 0 Å². The highest BCUT2D eigenvalue weighted by atomic mass is 16.2. The summed E-state index contributed by atoms with van der Waals surface area (Å²) in [6.45, 7) is 0.653. The Morgan fingerprint density at radius 1 is 1.18 bits per heavy atom. The second kappa shape index (κ2) is 7.94. The number of amides is 3. The predicted molar refractivity (Wildman–Crippen MR) is 86.4 cm³/mol. The first kappa shape index (κ1) is 16.5. The molecule has 0 aliphatic heterocycles. The van der Waals surface area contributed by atoms with E-state index in [1.165, 1.54) is 18.4 Å². The van der Waals surface area contributed by atoms with Crippen LogP contribution in [0.4, 0.5) is 4.79 Å². The zero-order valence-electron chi connectivity index (χ0n) is 13.1. The van der Waals surface area contributed by atoms with Crippen LogP contribution in [0.5, 0.6) is 0 Å². The summed E-state index contributed by atoms with van der Waals surface area (Å²) >= 11 is 0. The van der Waals surface area contributed by atoms with Crippen LogP contribution in [0.15, 0.2) is 30.3 Å². The van der Waals surface area contributed by atoms with Crippen LogP contribution in [0.2, 0.25) is 0 Å². The SMILES string of the molecule is CN(CCC(=O)NC(N)=O)C1CCC(c2ccccc2)CC1. The fourth-order valence-corrected chi connectivity index (χ4v) is 3.24. The maximum Gasteiger partial charge on any atom is 0.318 e. The lowest BCUT2D eigenvalue weighted by Gasteiger charge is -2.34. The number of nitrogens with two attached hydrogens (primary N) is 1. The van der Waals surface area contributed by atoms with Crippen molar-refractivity contribution in [3.63, 3.8) is 0 Å². The van der Waals surface area contributed by atoms with Crippen LogP contribution in [0.3, 0.4) is 0 Å². The number of benzene rings is 1. The molecule has 22 heavy (non-hydrogen) atoms. The van der Waals surface area contributed by atoms with Crippen LogP contribution >= 0.6 is 0 Å². The highest BCUT2D eigenvalue weighted by Gasteiger charge is 2.24. The fourth-order valence-electron chi connectivity index (χ4n) is 3.24. The Kier molecular flexibility index (Phi) is 5.95. The van der Waals surface area contributed by atoms with E-state index in [1.807, 2.05) is 7.05 Å². The number of hydrogen-bond donors (Lipinski definition) is 2. The van der Waals surface area contributed by atoms with Crippen molar-refractivity contribution in [3.05, 3.63) is 35.9 Å². The molecule has 5 nitrogen and oxygen atoms in total. The zero-order valence-corrected chi connectivity index (χ0v) is 13.1. The number of imide groups is 1. The number of nitrogens with zero attached hydrogens (tertiary/aromatic N) is 1. The molecule has 5 heteroatoms. The van der Waals surface area contributed by atoms with Gasteiger partial charge in [-0.1, -0.05) is 30.3 Å². The first-order valence-electron chi connectivity index (χ1n) is 7.90. The predicted octanol–water partition coefficient (Wildman–Crippen LogP) is 2.23. The highest BCUT2D eigenvalue weighted by molar-refractivity contribution is 5.93. The average molecular weight is 303 g/mol. The number of carbonyl (C=O) groups is 2. The molecule has 3 N–H and O–H groups in total. The van der Waals surface area contributed by atoms with E-state index in [-0.39, 0.29) is 5.91 Å². The Bertz CT molecular complexity index is 496. The summed E-state index contributed by atoms with van der Waals surface area (Å²) in [7, 11) is 2.05. The molecule has 3 amide bonds. The van der Waals surface area contributed by atoms with E-state index in [0.29, 0.717) is 24.9 Å². The van der Waals surface area contributed by atoms with Gasteiger partial charge in [-0.2, -0.15) is 0 Å². The van der Waals surface area contributed by atoms with Gasteiger partial charge in [0.15, 0.2) is 0 Å². The van der Waals surface area contributed by atoms with Crippen molar-refractivity contribution in [1.82, 2.24) is 10.2 Å². The Morgan fingerprint density at radius 2 is 1.82 bits per heavy atom. The zero-order chi connectivity index (χ0) is 15.9. The fraction of sp³-hybridized carbons (Fsp3) is 0.529. The van der Waals surface area contributed by atoms with E-state index in [0.717, 1.165) is 12.8 Å². The Labute approximate surface area is 131 Å². The lowest BCUT2D eigenvalue weighted by molar-refractivity contribution is -0.120. The molecule has 1 aliphatic carbocycles. The van der Waals surface area contributed by atoms with Gasteiger partial charge < -0.3 is 10.6 Å². The smallest absolute Gasteiger partial charge is 0.318 e. The quantitative estimate of drug-likeness (QED) is 0.876. The standard InChI is InChI=1S/C17H25N3O2/c1-20(12-11-16(21)19-17(18)22)15-9-7-14(8-10-15)13-5-3-2-4-6-13/h2-6,14-15H,7-12H2,1H3,(H3,18,19,21,22). The minimum Gasteiger partial charge on any atom is -0.351 e. The lowest BCUT2D eigenvalue weighted by atomic mass is 9.81. The number of primary amides is 1. The van der Waals surface area contributed by atoms with Crippen LogP contribution in [0.1, 0.15) is 43.6 Å². The molecular weight excluding hydrogens is 278 g/mol. The summed E-state index contributed by atoms with van der Waals surface area (Å²) in [5, 5.41) is 2.10. The third kappa shape index (κ3) is 4.84. The van der Waals surface area contributed by atoms with Gasteiger partial charge in [-0.3, -0.25) is 10.1 Å².